The summed E-state index contributed by atoms with van der Waals surface area (Å²) in [6, 6.07) is 14.0. The first-order chi connectivity index (χ1) is 24.6. The van der Waals surface area contributed by atoms with E-state index in [4.69, 9.17) is 32.7 Å². The van der Waals surface area contributed by atoms with Crippen molar-refractivity contribution in [3.8, 4) is 0 Å². The summed E-state index contributed by atoms with van der Waals surface area (Å²) in [5.41, 5.74) is -2.39. The normalized spacial score (nSPS) is 23.5. The molecule has 52 heavy (non-hydrogen) atoms. The van der Waals surface area contributed by atoms with Gasteiger partial charge in [0.05, 0.1) is 40.2 Å². The Morgan fingerprint density at radius 1 is 0.865 bits per heavy atom. The van der Waals surface area contributed by atoms with E-state index in [0.29, 0.717) is 50.2 Å². The molecule has 0 aromatic heterocycles. The predicted octanol–water partition coefficient (Wildman–Crippen LogP) is 8.70. The lowest BCUT2D eigenvalue weighted by Crippen LogP contribution is -2.54. The standard InChI is InChI=1S/C38H36Cl2F6N2O4/c39-30-8-7-26(21-31(30)40)36(22-48(15-16-51-36)33(49)25-17-27(37(41,42)43)20-28(18-25)38(44,45)46)11-14-47-12-9-35(10-13-47)29-4-2-1-3-24(29)19-32(35)52-34(50)23-5-6-23/h1-4,7-8,17-18,20-21,23,32H,5-6,9-16,19,22H2/t32-,36-/m0/s1. The maximum absolute atomic E-state index is 13.7. The zero-order chi connectivity index (χ0) is 37.1. The van der Waals surface area contributed by atoms with Gasteiger partial charge in [-0.1, -0.05) is 53.5 Å². The third kappa shape index (κ3) is 7.28. The van der Waals surface area contributed by atoms with Crippen molar-refractivity contribution >= 4 is 35.1 Å². The summed E-state index contributed by atoms with van der Waals surface area (Å²) < 4.78 is 94.5. The van der Waals surface area contributed by atoms with Gasteiger partial charge in [0.2, 0.25) is 0 Å². The summed E-state index contributed by atoms with van der Waals surface area (Å²) in [6.45, 7) is 1.63. The minimum absolute atomic E-state index is 0.00231. The fourth-order valence-corrected chi connectivity index (χ4v) is 8.33. The Bertz CT molecular complexity index is 1830. The Morgan fingerprint density at radius 2 is 1.54 bits per heavy atom. The van der Waals surface area contributed by atoms with Crippen LogP contribution in [0.25, 0.3) is 0 Å². The van der Waals surface area contributed by atoms with Crippen LogP contribution < -0.4 is 0 Å². The third-order valence-corrected chi connectivity index (χ3v) is 11.8. The van der Waals surface area contributed by atoms with Crippen molar-refractivity contribution in [3.63, 3.8) is 0 Å². The van der Waals surface area contributed by atoms with Crippen LogP contribution in [-0.4, -0.2) is 67.1 Å². The number of fused-ring (bicyclic) bond motifs is 2. The molecule has 1 spiro atoms. The van der Waals surface area contributed by atoms with Crippen LogP contribution in [-0.2, 0) is 44.1 Å². The average molecular weight is 770 g/mol. The van der Waals surface area contributed by atoms with Crippen molar-refractivity contribution in [1.29, 1.82) is 0 Å². The van der Waals surface area contributed by atoms with Crippen LogP contribution in [0.15, 0.2) is 60.7 Å². The van der Waals surface area contributed by atoms with Gasteiger partial charge in [0.15, 0.2) is 0 Å². The highest BCUT2D eigenvalue weighted by Crippen LogP contribution is 2.49. The quantitative estimate of drug-likeness (QED) is 0.178. The van der Waals surface area contributed by atoms with Crippen LogP contribution in [0.3, 0.4) is 0 Å². The molecule has 1 saturated carbocycles. The summed E-state index contributed by atoms with van der Waals surface area (Å²) in [7, 11) is 0. The Hall–Kier alpha value is -3.32. The van der Waals surface area contributed by atoms with Crippen molar-refractivity contribution in [2.24, 2.45) is 5.92 Å². The molecule has 2 atom stereocenters. The first kappa shape index (κ1) is 37.0. The van der Waals surface area contributed by atoms with Gasteiger partial charge in [0.1, 0.15) is 11.7 Å². The number of halogens is 8. The molecule has 0 unspecified atom stereocenters. The second kappa shape index (κ2) is 13.8. The van der Waals surface area contributed by atoms with E-state index in [2.05, 4.69) is 17.0 Å². The van der Waals surface area contributed by atoms with Crippen molar-refractivity contribution in [3.05, 3.63) is 104 Å². The van der Waals surface area contributed by atoms with Gasteiger partial charge in [0, 0.05) is 30.5 Å². The highest BCUT2D eigenvalue weighted by atomic mass is 35.5. The number of rotatable bonds is 7. The van der Waals surface area contributed by atoms with E-state index in [-0.39, 0.29) is 59.2 Å². The maximum atomic E-state index is 13.7. The van der Waals surface area contributed by atoms with Crippen LogP contribution in [0.2, 0.25) is 10.0 Å². The van der Waals surface area contributed by atoms with Crippen molar-refractivity contribution in [2.45, 2.75) is 68.0 Å². The molecule has 3 aromatic rings. The minimum Gasteiger partial charge on any atom is -0.461 e. The highest BCUT2D eigenvalue weighted by molar-refractivity contribution is 6.42. The number of esters is 1. The summed E-state index contributed by atoms with van der Waals surface area (Å²) in [4.78, 5) is 30.0. The fourth-order valence-electron chi connectivity index (χ4n) is 8.04. The van der Waals surface area contributed by atoms with E-state index in [0.717, 1.165) is 25.7 Å². The molecule has 4 aliphatic rings. The zero-order valence-corrected chi connectivity index (χ0v) is 29.5. The molecule has 2 aliphatic heterocycles. The Morgan fingerprint density at radius 3 is 2.17 bits per heavy atom. The monoisotopic (exact) mass is 768 g/mol. The van der Waals surface area contributed by atoms with E-state index >= 15 is 0 Å². The van der Waals surface area contributed by atoms with Gasteiger partial charge >= 0.3 is 18.3 Å². The van der Waals surface area contributed by atoms with Gasteiger partial charge in [-0.15, -0.1) is 0 Å². The van der Waals surface area contributed by atoms with Crippen LogP contribution in [0.5, 0.6) is 0 Å². The SMILES string of the molecule is O=C(O[C@H]1Cc2ccccc2C12CCN(CC[C@@]1(c3ccc(Cl)c(Cl)c3)CN(C(=O)c3cc(C(F)(F)F)cc(C(F)(F)F)c3)CCO1)CC2)C1CC1. The number of hydrogen-bond donors (Lipinski definition) is 0. The molecule has 1 amide bonds. The molecular formula is C38H36Cl2F6N2O4. The third-order valence-electron chi connectivity index (χ3n) is 11.1. The first-order valence-corrected chi connectivity index (χ1v) is 18.0. The van der Waals surface area contributed by atoms with Crippen LogP contribution in [0.4, 0.5) is 26.3 Å². The predicted molar refractivity (Wildman–Crippen MR) is 181 cm³/mol. The van der Waals surface area contributed by atoms with Crippen LogP contribution in [0, 0.1) is 5.92 Å². The summed E-state index contributed by atoms with van der Waals surface area (Å²) in [5, 5.41) is 0.507. The average Bonchev–Trinajstić information content (AvgIpc) is 3.93. The number of alkyl halides is 6. The Labute approximate surface area is 306 Å². The number of morpholine rings is 1. The Balaban J connectivity index is 1.12. The number of carbonyl (C=O) groups is 2. The van der Waals surface area contributed by atoms with E-state index in [1.807, 2.05) is 12.1 Å². The number of benzene rings is 3. The maximum Gasteiger partial charge on any atom is 0.416 e. The molecule has 3 fully saturated rings. The zero-order valence-electron chi connectivity index (χ0n) is 28.0. The molecule has 2 heterocycles. The van der Waals surface area contributed by atoms with E-state index in [1.54, 1.807) is 18.2 Å². The number of nitrogens with zero attached hydrogens (tertiary/aromatic N) is 2. The smallest absolute Gasteiger partial charge is 0.416 e. The molecule has 14 heteroatoms. The summed E-state index contributed by atoms with van der Waals surface area (Å²) in [5.74, 6) is -1.12. The van der Waals surface area contributed by atoms with Gasteiger partial charge in [-0.05, 0) is 92.2 Å². The van der Waals surface area contributed by atoms with Gasteiger partial charge in [-0.25, -0.2) is 0 Å². The molecule has 3 aromatic carbocycles. The lowest BCUT2D eigenvalue weighted by Gasteiger charge is -2.46. The van der Waals surface area contributed by atoms with E-state index in [9.17, 15) is 35.9 Å². The van der Waals surface area contributed by atoms with Gasteiger partial charge in [-0.3, -0.25) is 9.59 Å². The molecule has 7 rings (SSSR count). The number of amides is 1. The van der Waals surface area contributed by atoms with Gasteiger partial charge in [-0.2, -0.15) is 26.3 Å². The number of hydrogen-bond acceptors (Lipinski definition) is 5. The van der Waals surface area contributed by atoms with Crippen molar-refractivity contribution in [1.82, 2.24) is 9.80 Å². The topological polar surface area (TPSA) is 59.1 Å². The molecular weight excluding hydrogens is 733 g/mol. The van der Waals surface area contributed by atoms with Crippen molar-refractivity contribution in [2.75, 3.05) is 39.3 Å². The molecule has 278 valence electrons. The Kier molecular flexibility index (Phi) is 9.84. The second-order valence-corrected chi connectivity index (χ2v) is 15.1. The number of ether oxygens (including phenoxy) is 2. The number of piperidine rings is 1. The second-order valence-electron chi connectivity index (χ2n) is 14.3. The molecule has 0 N–H and O–H groups in total. The molecule has 2 saturated heterocycles. The van der Waals surface area contributed by atoms with E-state index in [1.165, 1.54) is 16.0 Å². The summed E-state index contributed by atoms with van der Waals surface area (Å²) >= 11 is 12.6. The summed E-state index contributed by atoms with van der Waals surface area (Å²) in [6.07, 6.45) is -6.24. The van der Waals surface area contributed by atoms with E-state index < -0.39 is 40.6 Å². The van der Waals surface area contributed by atoms with Crippen molar-refractivity contribution < 1.29 is 45.4 Å². The minimum atomic E-state index is -5.10. The molecule has 2 aliphatic carbocycles. The van der Waals surface area contributed by atoms with Crippen LogP contribution >= 0.6 is 23.2 Å². The molecule has 0 bridgehead atoms. The van der Waals surface area contributed by atoms with Gasteiger partial charge in [0.25, 0.3) is 5.91 Å². The highest BCUT2D eigenvalue weighted by Gasteiger charge is 2.51. The lowest BCUT2D eigenvalue weighted by atomic mass is 9.72. The fraction of sp³-hybridized carbons (Fsp3) is 0.474. The largest absolute Gasteiger partial charge is 0.461 e. The lowest BCUT2D eigenvalue weighted by molar-refractivity contribution is -0.155. The first-order valence-electron chi connectivity index (χ1n) is 17.3. The van der Waals surface area contributed by atoms with Crippen LogP contribution in [0.1, 0.15) is 70.3 Å². The molecule has 6 nitrogen and oxygen atoms in total. The number of likely N-dealkylation sites (tertiary alicyclic amines) is 1. The number of carbonyl (C=O) groups excluding carboxylic acids is 2. The molecule has 0 radical (unpaired) electrons. The van der Waals surface area contributed by atoms with Gasteiger partial charge < -0.3 is 19.3 Å².